The molecule has 19 heavy (non-hydrogen) atoms. The SMILES string of the molecule is O=C(c1ccncc1Cl)N(CC1CCCN1)C1CC1. The van der Waals surface area contributed by atoms with Crippen LogP contribution in [0.15, 0.2) is 18.5 Å². The zero-order valence-corrected chi connectivity index (χ0v) is 11.6. The van der Waals surface area contributed by atoms with E-state index in [2.05, 4.69) is 10.3 Å². The first-order valence-electron chi connectivity index (χ1n) is 6.89. The van der Waals surface area contributed by atoms with Crippen molar-refractivity contribution < 1.29 is 4.79 Å². The Hall–Kier alpha value is -1.13. The van der Waals surface area contributed by atoms with Crippen LogP contribution in [-0.2, 0) is 0 Å². The van der Waals surface area contributed by atoms with E-state index < -0.39 is 0 Å². The van der Waals surface area contributed by atoms with Crippen LogP contribution >= 0.6 is 11.6 Å². The highest BCUT2D eigenvalue weighted by Gasteiger charge is 2.35. The quantitative estimate of drug-likeness (QED) is 0.918. The van der Waals surface area contributed by atoms with E-state index in [1.807, 2.05) is 4.90 Å². The van der Waals surface area contributed by atoms with Crippen LogP contribution < -0.4 is 5.32 Å². The Balaban J connectivity index is 1.76. The second-order valence-corrected chi connectivity index (χ2v) is 5.74. The Labute approximate surface area is 118 Å². The minimum Gasteiger partial charge on any atom is -0.334 e. The van der Waals surface area contributed by atoms with Crippen molar-refractivity contribution >= 4 is 17.5 Å². The van der Waals surface area contributed by atoms with Crippen LogP contribution in [0.3, 0.4) is 0 Å². The second-order valence-electron chi connectivity index (χ2n) is 5.34. The summed E-state index contributed by atoms with van der Waals surface area (Å²) in [7, 11) is 0. The van der Waals surface area contributed by atoms with E-state index in [1.165, 1.54) is 12.6 Å². The monoisotopic (exact) mass is 279 g/mol. The van der Waals surface area contributed by atoms with E-state index in [4.69, 9.17) is 11.6 Å². The molecule has 1 unspecified atom stereocenters. The molecule has 1 aliphatic carbocycles. The molecule has 2 heterocycles. The molecule has 102 valence electrons. The zero-order chi connectivity index (χ0) is 13.2. The lowest BCUT2D eigenvalue weighted by molar-refractivity contribution is 0.0728. The van der Waals surface area contributed by atoms with Gasteiger partial charge in [-0.15, -0.1) is 0 Å². The molecule has 1 aromatic heterocycles. The molecule has 2 aliphatic rings. The third-order valence-corrected chi connectivity index (χ3v) is 4.13. The molecule has 1 N–H and O–H groups in total. The van der Waals surface area contributed by atoms with Crippen molar-refractivity contribution in [3.63, 3.8) is 0 Å². The molecule has 1 atom stereocenters. The average molecular weight is 280 g/mol. The van der Waals surface area contributed by atoms with E-state index in [0.717, 1.165) is 32.4 Å². The molecular formula is C14H18ClN3O. The Morgan fingerprint density at radius 3 is 2.95 bits per heavy atom. The van der Waals surface area contributed by atoms with Crippen LogP contribution in [0.4, 0.5) is 0 Å². The molecule has 0 bridgehead atoms. The van der Waals surface area contributed by atoms with E-state index in [-0.39, 0.29) is 5.91 Å². The number of aromatic nitrogens is 1. The largest absolute Gasteiger partial charge is 0.334 e. The number of amides is 1. The van der Waals surface area contributed by atoms with Crippen LogP contribution in [-0.4, -0.2) is 41.0 Å². The van der Waals surface area contributed by atoms with Gasteiger partial charge in [-0.05, 0) is 38.3 Å². The number of halogens is 1. The summed E-state index contributed by atoms with van der Waals surface area (Å²) in [6.45, 7) is 1.86. The molecule has 5 heteroatoms. The highest BCUT2D eigenvalue weighted by atomic mass is 35.5. The van der Waals surface area contributed by atoms with Crippen LogP contribution in [0.5, 0.6) is 0 Å². The molecule has 0 radical (unpaired) electrons. The van der Waals surface area contributed by atoms with E-state index in [1.54, 1.807) is 12.3 Å². The van der Waals surface area contributed by atoms with Crippen molar-refractivity contribution in [2.24, 2.45) is 0 Å². The van der Waals surface area contributed by atoms with Gasteiger partial charge in [-0.2, -0.15) is 0 Å². The maximum Gasteiger partial charge on any atom is 0.255 e. The van der Waals surface area contributed by atoms with Crippen molar-refractivity contribution in [2.45, 2.75) is 37.8 Å². The van der Waals surface area contributed by atoms with Gasteiger partial charge in [-0.1, -0.05) is 11.6 Å². The summed E-state index contributed by atoms with van der Waals surface area (Å²) < 4.78 is 0. The van der Waals surface area contributed by atoms with E-state index in [0.29, 0.717) is 22.7 Å². The lowest BCUT2D eigenvalue weighted by Crippen LogP contribution is -2.42. The molecule has 4 nitrogen and oxygen atoms in total. The van der Waals surface area contributed by atoms with E-state index in [9.17, 15) is 4.79 Å². The van der Waals surface area contributed by atoms with E-state index >= 15 is 0 Å². The van der Waals surface area contributed by atoms with Gasteiger partial charge < -0.3 is 10.2 Å². The maximum absolute atomic E-state index is 12.6. The van der Waals surface area contributed by atoms with Crippen LogP contribution in [0.25, 0.3) is 0 Å². The van der Waals surface area contributed by atoms with Crippen LogP contribution in [0.2, 0.25) is 5.02 Å². The fraction of sp³-hybridized carbons (Fsp3) is 0.571. The lowest BCUT2D eigenvalue weighted by atomic mass is 10.1. The van der Waals surface area contributed by atoms with Crippen molar-refractivity contribution in [3.8, 4) is 0 Å². The molecule has 1 saturated heterocycles. The topological polar surface area (TPSA) is 45.2 Å². The molecule has 2 fully saturated rings. The van der Waals surface area contributed by atoms with Gasteiger partial charge in [0.2, 0.25) is 0 Å². The Morgan fingerprint density at radius 1 is 1.47 bits per heavy atom. The Morgan fingerprint density at radius 2 is 2.32 bits per heavy atom. The standard InChI is InChI=1S/C14H18ClN3O/c15-13-8-16-7-5-12(13)14(19)18(11-3-4-11)9-10-2-1-6-17-10/h5,7-8,10-11,17H,1-4,6,9H2. The van der Waals surface area contributed by atoms with Gasteiger partial charge in [0.25, 0.3) is 5.91 Å². The van der Waals surface area contributed by atoms with Gasteiger partial charge in [0, 0.05) is 31.0 Å². The number of nitrogens with zero attached hydrogens (tertiary/aromatic N) is 2. The molecular weight excluding hydrogens is 262 g/mol. The molecule has 1 saturated carbocycles. The number of hydrogen-bond acceptors (Lipinski definition) is 3. The highest BCUT2D eigenvalue weighted by molar-refractivity contribution is 6.33. The van der Waals surface area contributed by atoms with Crippen LogP contribution in [0, 0.1) is 0 Å². The first kappa shape index (κ1) is 12.9. The zero-order valence-electron chi connectivity index (χ0n) is 10.8. The van der Waals surface area contributed by atoms with Crippen molar-refractivity contribution in [1.82, 2.24) is 15.2 Å². The first-order valence-corrected chi connectivity index (χ1v) is 7.27. The number of rotatable bonds is 4. The van der Waals surface area contributed by atoms with Gasteiger partial charge >= 0.3 is 0 Å². The molecule has 3 rings (SSSR count). The van der Waals surface area contributed by atoms with Crippen molar-refractivity contribution in [2.75, 3.05) is 13.1 Å². The Bertz CT molecular complexity index is 470. The van der Waals surface area contributed by atoms with Crippen molar-refractivity contribution in [3.05, 3.63) is 29.0 Å². The summed E-state index contributed by atoms with van der Waals surface area (Å²) in [6.07, 6.45) is 7.74. The van der Waals surface area contributed by atoms with Crippen LogP contribution in [0.1, 0.15) is 36.0 Å². The summed E-state index contributed by atoms with van der Waals surface area (Å²) in [5.41, 5.74) is 0.571. The summed E-state index contributed by atoms with van der Waals surface area (Å²) in [4.78, 5) is 18.5. The maximum atomic E-state index is 12.6. The van der Waals surface area contributed by atoms with Gasteiger partial charge in [0.15, 0.2) is 0 Å². The predicted octanol–water partition coefficient (Wildman–Crippen LogP) is 2.09. The minimum atomic E-state index is 0.0450. The van der Waals surface area contributed by atoms with Gasteiger partial charge in [-0.25, -0.2) is 0 Å². The fourth-order valence-electron chi connectivity index (χ4n) is 2.64. The smallest absolute Gasteiger partial charge is 0.255 e. The average Bonchev–Trinajstić information content (AvgIpc) is 3.13. The van der Waals surface area contributed by atoms with Crippen molar-refractivity contribution in [1.29, 1.82) is 0 Å². The van der Waals surface area contributed by atoms with Gasteiger partial charge in [0.05, 0.1) is 10.6 Å². The number of nitrogens with one attached hydrogen (secondary N) is 1. The highest BCUT2D eigenvalue weighted by Crippen LogP contribution is 2.30. The predicted molar refractivity (Wildman–Crippen MR) is 74.3 cm³/mol. The third-order valence-electron chi connectivity index (χ3n) is 3.83. The molecule has 0 aromatic carbocycles. The number of carbonyl (C=O) groups is 1. The summed E-state index contributed by atoms with van der Waals surface area (Å²) in [6, 6.07) is 2.55. The molecule has 1 aromatic rings. The molecule has 1 amide bonds. The molecule has 1 aliphatic heterocycles. The fourth-order valence-corrected chi connectivity index (χ4v) is 2.84. The number of carbonyl (C=O) groups excluding carboxylic acids is 1. The first-order chi connectivity index (χ1) is 9.25. The van der Waals surface area contributed by atoms with Gasteiger partial charge in [0.1, 0.15) is 0 Å². The van der Waals surface area contributed by atoms with Gasteiger partial charge in [-0.3, -0.25) is 9.78 Å². The Kier molecular flexibility index (Phi) is 3.71. The normalized spacial score (nSPS) is 22.5. The number of pyridine rings is 1. The molecule has 0 spiro atoms. The minimum absolute atomic E-state index is 0.0450. The summed E-state index contributed by atoms with van der Waals surface area (Å²) in [5.74, 6) is 0.0450. The number of hydrogen-bond donors (Lipinski definition) is 1. The third kappa shape index (κ3) is 2.90. The second kappa shape index (κ2) is 5.47. The summed E-state index contributed by atoms with van der Waals surface area (Å²) in [5, 5.41) is 3.89. The lowest BCUT2D eigenvalue weighted by Gasteiger charge is -2.26. The summed E-state index contributed by atoms with van der Waals surface area (Å²) >= 11 is 6.08.